The van der Waals surface area contributed by atoms with Gasteiger partial charge in [-0.2, -0.15) is 0 Å². The second kappa shape index (κ2) is 5.05. The molecule has 2 aromatic rings. The number of ether oxygens (including phenoxy) is 1. The number of nitrogens with zero attached hydrogens (tertiary/aromatic N) is 1. The van der Waals surface area contributed by atoms with Crippen LogP contribution in [0.15, 0.2) is 24.4 Å². The Balaban J connectivity index is 2.05. The number of rotatable bonds is 4. The van der Waals surface area contributed by atoms with Gasteiger partial charge in [-0.3, -0.25) is 0 Å². The second-order valence-electron chi connectivity index (χ2n) is 3.71. The van der Waals surface area contributed by atoms with Gasteiger partial charge in [-0.05, 0) is 13.0 Å². The Kier molecular flexibility index (Phi) is 3.49. The van der Waals surface area contributed by atoms with Crippen LogP contribution in [0, 0.1) is 6.92 Å². The molecule has 17 heavy (non-hydrogen) atoms. The zero-order valence-corrected chi connectivity index (χ0v) is 10.7. The van der Waals surface area contributed by atoms with Gasteiger partial charge in [0.2, 0.25) is 0 Å². The molecule has 0 saturated carbocycles. The quantitative estimate of drug-likeness (QED) is 0.818. The molecule has 0 aliphatic rings. The molecule has 0 radical (unpaired) electrons. The average Bonchev–Trinajstić information content (AvgIpc) is 2.72. The van der Waals surface area contributed by atoms with Crippen molar-refractivity contribution in [3.8, 4) is 5.75 Å². The van der Waals surface area contributed by atoms with Crippen molar-refractivity contribution in [2.45, 2.75) is 13.5 Å². The van der Waals surface area contributed by atoms with Gasteiger partial charge >= 0.3 is 0 Å². The highest BCUT2D eigenvalue weighted by Gasteiger charge is 2.01. The third-order valence-electron chi connectivity index (χ3n) is 2.28. The lowest BCUT2D eigenvalue weighted by Gasteiger charge is -2.08. The number of thiazole rings is 1. The first-order valence-corrected chi connectivity index (χ1v) is 6.09. The summed E-state index contributed by atoms with van der Waals surface area (Å²) in [4.78, 5) is 5.50. The van der Waals surface area contributed by atoms with E-state index in [-0.39, 0.29) is 0 Å². The molecule has 4 nitrogen and oxygen atoms in total. The lowest BCUT2D eigenvalue weighted by molar-refractivity contribution is 0.415. The number of nitrogens with two attached hydrogens (primary N) is 1. The van der Waals surface area contributed by atoms with Gasteiger partial charge < -0.3 is 15.8 Å². The van der Waals surface area contributed by atoms with Crippen molar-refractivity contribution in [2.75, 3.05) is 18.2 Å². The fraction of sp³-hybridized carbons (Fsp3) is 0.250. The molecule has 0 aliphatic carbocycles. The largest absolute Gasteiger partial charge is 0.497 e. The zero-order chi connectivity index (χ0) is 12.3. The molecule has 0 saturated heterocycles. The van der Waals surface area contributed by atoms with Gasteiger partial charge in [-0.15, -0.1) is 11.3 Å². The third-order valence-corrected chi connectivity index (χ3v) is 3.19. The first kappa shape index (κ1) is 11.7. The molecule has 3 N–H and O–H groups in total. The molecule has 0 fully saturated rings. The fourth-order valence-corrected chi connectivity index (χ4v) is 2.23. The highest BCUT2D eigenvalue weighted by Crippen LogP contribution is 2.23. The van der Waals surface area contributed by atoms with E-state index < -0.39 is 0 Å². The van der Waals surface area contributed by atoms with E-state index >= 15 is 0 Å². The number of methoxy groups -OCH3 is 1. The van der Waals surface area contributed by atoms with Crippen LogP contribution >= 0.6 is 11.3 Å². The van der Waals surface area contributed by atoms with Crippen molar-refractivity contribution in [1.29, 1.82) is 0 Å². The molecule has 0 spiro atoms. The number of anilines is 2. The fourth-order valence-electron chi connectivity index (χ4n) is 1.50. The van der Waals surface area contributed by atoms with E-state index in [0.29, 0.717) is 12.2 Å². The number of nitrogen functional groups attached to an aromatic ring is 1. The van der Waals surface area contributed by atoms with Crippen molar-refractivity contribution in [3.05, 3.63) is 34.3 Å². The maximum atomic E-state index is 5.78. The molecule has 0 amide bonds. The maximum Gasteiger partial charge on any atom is 0.122 e. The number of nitrogens with one attached hydrogen (secondary N) is 1. The second-order valence-corrected chi connectivity index (χ2v) is 5.03. The van der Waals surface area contributed by atoms with Crippen LogP contribution in [-0.4, -0.2) is 12.1 Å². The Hall–Kier alpha value is -1.75. The van der Waals surface area contributed by atoms with Crippen LogP contribution in [-0.2, 0) is 6.54 Å². The summed E-state index contributed by atoms with van der Waals surface area (Å²) in [6.45, 7) is 2.75. The Bertz CT molecular complexity index is 510. The normalized spacial score (nSPS) is 10.2. The number of aromatic nitrogens is 1. The summed E-state index contributed by atoms with van der Waals surface area (Å²) in [6, 6.07) is 5.58. The Morgan fingerprint density at radius 1 is 1.41 bits per heavy atom. The lowest BCUT2D eigenvalue weighted by Crippen LogP contribution is -2.00. The number of aryl methyl sites for hydroxylation is 1. The molecule has 0 bridgehead atoms. The third kappa shape index (κ3) is 3.10. The van der Waals surface area contributed by atoms with Crippen LogP contribution in [0.2, 0.25) is 0 Å². The molecular weight excluding hydrogens is 234 g/mol. The molecular formula is C12H15N3OS. The summed E-state index contributed by atoms with van der Waals surface area (Å²) in [7, 11) is 1.63. The Morgan fingerprint density at radius 3 is 2.88 bits per heavy atom. The van der Waals surface area contributed by atoms with E-state index in [1.165, 1.54) is 4.88 Å². The summed E-state index contributed by atoms with van der Waals surface area (Å²) < 4.78 is 5.16. The van der Waals surface area contributed by atoms with Crippen LogP contribution in [0.5, 0.6) is 5.75 Å². The minimum atomic E-state index is 0.683. The topological polar surface area (TPSA) is 60.2 Å². The molecule has 1 aromatic carbocycles. The van der Waals surface area contributed by atoms with E-state index in [1.807, 2.05) is 25.3 Å². The van der Waals surface area contributed by atoms with Gasteiger partial charge in [0, 0.05) is 34.6 Å². The predicted molar refractivity (Wildman–Crippen MR) is 71.6 cm³/mol. The summed E-state index contributed by atoms with van der Waals surface area (Å²) in [5, 5.41) is 4.34. The smallest absolute Gasteiger partial charge is 0.122 e. The highest BCUT2D eigenvalue weighted by molar-refractivity contribution is 7.11. The monoisotopic (exact) mass is 249 g/mol. The summed E-state index contributed by atoms with van der Waals surface area (Å²) in [5.74, 6) is 0.753. The van der Waals surface area contributed by atoms with E-state index in [1.54, 1.807) is 24.5 Å². The van der Waals surface area contributed by atoms with Gasteiger partial charge in [-0.1, -0.05) is 0 Å². The molecule has 2 rings (SSSR count). The maximum absolute atomic E-state index is 5.78. The molecule has 0 unspecified atom stereocenters. The molecule has 90 valence electrons. The van der Waals surface area contributed by atoms with Crippen LogP contribution < -0.4 is 15.8 Å². The first-order chi connectivity index (χ1) is 8.17. The van der Waals surface area contributed by atoms with E-state index in [4.69, 9.17) is 10.5 Å². The Morgan fingerprint density at radius 2 is 2.24 bits per heavy atom. The van der Waals surface area contributed by atoms with E-state index in [2.05, 4.69) is 10.3 Å². The van der Waals surface area contributed by atoms with Crippen molar-refractivity contribution in [3.63, 3.8) is 0 Å². The van der Waals surface area contributed by atoms with Crippen LogP contribution in [0.1, 0.15) is 9.88 Å². The summed E-state index contributed by atoms with van der Waals surface area (Å²) in [5.41, 5.74) is 7.40. The SMILES string of the molecule is COc1cc(N)cc(NCc2ncc(C)s2)c1. The molecule has 0 aliphatic heterocycles. The van der Waals surface area contributed by atoms with Crippen molar-refractivity contribution in [1.82, 2.24) is 4.98 Å². The predicted octanol–water partition coefficient (Wildman–Crippen LogP) is 2.65. The van der Waals surface area contributed by atoms with Gasteiger partial charge in [0.05, 0.1) is 13.7 Å². The van der Waals surface area contributed by atoms with Crippen molar-refractivity contribution in [2.24, 2.45) is 0 Å². The van der Waals surface area contributed by atoms with Gasteiger partial charge in [-0.25, -0.2) is 4.98 Å². The standard InChI is InChI=1S/C12H15N3OS/c1-8-6-15-12(17-8)7-14-10-3-9(13)4-11(5-10)16-2/h3-6,14H,7,13H2,1-2H3. The summed E-state index contributed by atoms with van der Waals surface area (Å²) in [6.07, 6.45) is 1.88. The van der Waals surface area contributed by atoms with Gasteiger partial charge in [0.1, 0.15) is 10.8 Å². The number of hydrogen-bond donors (Lipinski definition) is 2. The summed E-state index contributed by atoms with van der Waals surface area (Å²) >= 11 is 1.69. The zero-order valence-electron chi connectivity index (χ0n) is 9.86. The van der Waals surface area contributed by atoms with Crippen LogP contribution in [0.3, 0.4) is 0 Å². The Labute approximate surface area is 104 Å². The molecule has 1 heterocycles. The van der Waals surface area contributed by atoms with E-state index in [0.717, 1.165) is 16.4 Å². The van der Waals surface area contributed by atoms with Crippen LogP contribution in [0.4, 0.5) is 11.4 Å². The molecule has 0 atom stereocenters. The number of hydrogen-bond acceptors (Lipinski definition) is 5. The molecule has 5 heteroatoms. The average molecular weight is 249 g/mol. The highest BCUT2D eigenvalue weighted by atomic mass is 32.1. The van der Waals surface area contributed by atoms with Gasteiger partial charge in [0.25, 0.3) is 0 Å². The van der Waals surface area contributed by atoms with Crippen molar-refractivity contribution >= 4 is 22.7 Å². The van der Waals surface area contributed by atoms with Crippen LogP contribution in [0.25, 0.3) is 0 Å². The van der Waals surface area contributed by atoms with Crippen molar-refractivity contribution < 1.29 is 4.74 Å². The first-order valence-electron chi connectivity index (χ1n) is 5.27. The lowest BCUT2D eigenvalue weighted by atomic mass is 10.2. The number of benzene rings is 1. The van der Waals surface area contributed by atoms with E-state index in [9.17, 15) is 0 Å². The minimum Gasteiger partial charge on any atom is -0.497 e. The van der Waals surface area contributed by atoms with Gasteiger partial charge in [0.15, 0.2) is 0 Å². The minimum absolute atomic E-state index is 0.683. The molecule has 1 aromatic heterocycles.